The first-order valence-electron chi connectivity index (χ1n) is 9.69. The standard InChI is InChI=1S/C20H29N5O3/c1-5-21-19(23-14-17-22-13-16(28-17)20(2,3)4)25-10-8-24(9-11-25)18(26)15-7-6-12-27-15/h6-7,12-13H,5,8-11,14H2,1-4H3,(H,21,23). The van der Waals surface area contributed by atoms with Gasteiger partial charge < -0.3 is 24.0 Å². The molecule has 8 heteroatoms. The van der Waals surface area contributed by atoms with Gasteiger partial charge in [-0.2, -0.15) is 0 Å². The Morgan fingerprint density at radius 1 is 1.25 bits per heavy atom. The largest absolute Gasteiger partial charge is 0.459 e. The van der Waals surface area contributed by atoms with Gasteiger partial charge in [-0.1, -0.05) is 20.8 Å². The van der Waals surface area contributed by atoms with E-state index in [1.54, 1.807) is 18.3 Å². The molecule has 1 N–H and O–H groups in total. The molecule has 2 aromatic rings. The van der Waals surface area contributed by atoms with Gasteiger partial charge in [0.05, 0.1) is 12.5 Å². The van der Waals surface area contributed by atoms with Gasteiger partial charge in [0.25, 0.3) is 5.91 Å². The van der Waals surface area contributed by atoms with Crippen molar-refractivity contribution in [2.24, 2.45) is 4.99 Å². The number of oxazole rings is 1. The second kappa shape index (κ2) is 8.50. The quantitative estimate of drug-likeness (QED) is 0.641. The monoisotopic (exact) mass is 387 g/mol. The first kappa shape index (κ1) is 20.0. The molecule has 0 aromatic carbocycles. The van der Waals surface area contributed by atoms with Crippen molar-refractivity contribution in [2.45, 2.75) is 39.7 Å². The number of guanidine groups is 1. The zero-order chi connectivity index (χ0) is 20.1. The van der Waals surface area contributed by atoms with Crippen molar-refractivity contribution in [2.75, 3.05) is 32.7 Å². The van der Waals surface area contributed by atoms with Gasteiger partial charge in [-0.25, -0.2) is 9.98 Å². The van der Waals surface area contributed by atoms with Gasteiger partial charge in [0.1, 0.15) is 12.3 Å². The molecule has 0 aliphatic carbocycles. The summed E-state index contributed by atoms with van der Waals surface area (Å²) in [4.78, 5) is 25.4. The maximum Gasteiger partial charge on any atom is 0.289 e. The first-order chi connectivity index (χ1) is 13.4. The smallest absolute Gasteiger partial charge is 0.289 e. The summed E-state index contributed by atoms with van der Waals surface area (Å²) in [6, 6.07) is 3.43. The average molecular weight is 387 g/mol. The Kier molecular flexibility index (Phi) is 6.06. The van der Waals surface area contributed by atoms with E-state index in [1.165, 1.54) is 6.26 Å². The number of nitrogens with zero attached hydrogens (tertiary/aromatic N) is 4. The van der Waals surface area contributed by atoms with Crippen molar-refractivity contribution in [1.29, 1.82) is 0 Å². The van der Waals surface area contributed by atoms with Crippen LogP contribution in [-0.4, -0.2) is 59.4 Å². The van der Waals surface area contributed by atoms with Gasteiger partial charge in [-0.3, -0.25) is 4.79 Å². The molecule has 3 heterocycles. The van der Waals surface area contributed by atoms with Crippen molar-refractivity contribution in [3.63, 3.8) is 0 Å². The van der Waals surface area contributed by atoms with Gasteiger partial charge >= 0.3 is 0 Å². The lowest BCUT2D eigenvalue weighted by molar-refractivity contribution is 0.0657. The number of hydrogen-bond donors (Lipinski definition) is 1. The summed E-state index contributed by atoms with van der Waals surface area (Å²) < 4.78 is 11.0. The van der Waals surface area contributed by atoms with E-state index in [9.17, 15) is 4.79 Å². The topological polar surface area (TPSA) is 87.1 Å². The highest BCUT2D eigenvalue weighted by molar-refractivity contribution is 5.91. The number of hydrogen-bond acceptors (Lipinski definition) is 5. The lowest BCUT2D eigenvalue weighted by Crippen LogP contribution is -2.53. The van der Waals surface area contributed by atoms with E-state index in [0.717, 1.165) is 18.3 Å². The lowest BCUT2D eigenvalue weighted by atomic mass is 9.94. The predicted octanol–water partition coefficient (Wildman–Crippen LogP) is 2.49. The zero-order valence-corrected chi connectivity index (χ0v) is 17.1. The van der Waals surface area contributed by atoms with Gasteiger partial charge in [-0.05, 0) is 19.1 Å². The summed E-state index contributed by atoms with van der Waals surface area (Å²) in [5.41, 5.74) is -0.0731. The number of nitrogens with one attached hydrogen (secondary N) is 1. The SMILES string of the molecule is CCNC(=NCc1ncc(C(C)(C)C)o1)N1CCN(C(=O)c2ccco2)CC1. The van der Waals surface area contributed by atoms with Gasteiger partial charge in [0.2, 0.25) is 5.89 Å². The molecule has 0 radical (unpaired) electrons. The fraction of sp³-hybridized carbons (Fsp3) is 0.550. The van der Waals surface area contributed by atoms with Crippen LogP contribution in [0.3, 0.4) is 0 Å². The molecule has 1 saturated heterocycles. The number of furan rings is 1. The van der Waals surface area contributed by atoms with E-state index in [0.29, 0.717) is 44.4 Å². The second-order valence-electron chi connectivity index (χ2n) is 7.79. The van der Waals surface area contributed by atoms with Crippen LogP contribution < -0.4 is 5.32 Å². The molecule has 2 aromatic heterocycles. The summed E-state index contributed by atoms with van der Waals surface area (Å²) in [7, 11) is 0. The van der Waals surface area contributed by atoms with E-state index < -0.39 is 0 Å². The first-order valence-corrected chi connectivity index (χ1v) is 9.69. The number of aliphatic imine (C=N–C) groups is 1. The van der Waals surface area contributed by atoms with Crippen LogP contribution in [0.15, 0.2) is 38.4 Å². The summed E-state index contributed by atoms with van der Waals surface area (Å²) in [5, 5.41) is 3.32. The van der Waals surface area contributed by atoms with Crippen LogP contribution in [0.1, 0.15) is 49.9 Å². The molecule has 0 spiro atoms. The minimum Gasteiger partial charge on any atom is -0.459 e. The minimum atomic E-state index is -0.0731. The molecule has 1 fully saturated rings. The molecule has 1 aliphatic heterocycles. The fourth-order valence-corrected chi connectivity index (χ4v) is 2.98. The number of carbonyl (C=O) groups is 1. The summed E-state index contributed by atoms with van der Waals surface area (Å²) in [6.45, 7) is 12.1. The van der Waals surface area contributed by atoms with Crippen molar-refractivity contribution >= 4 is 11.9 Å². The Balaban J connectivity index is 1.60. The predicted molar refractivity (Wildman–Crippen MR) is 106 cm³/mol. The molecular formula is C20H29N5O3. The van der Waals surface area contributed by atoms with E-state index in [2.05, 4.69) is 41.0 Å². The summed E-state index contributed by atoms with van der Waals surface area (Å²) in [5.74, 6) is 2.58. The van der Waals surface area contributed by atoms with Crippen LogP contribution in [0.25, 0.3) is 0 Å². The Morgan fingerprint density at radius 2 is 1.96 bits per heavy atom. The van der Waals surface area contributed by atoms with Crippen molar-refractivity contribution in [3.8, 4) is 0 Å². The fourth-order valence-electron chi connectivity index (χ4n) is 2.98. The average Bonchev–Trinajstić information content (AvgIpc) is 3.36. The number of rotatable bonds is 4. The Hall–Kier alpha value is -2.77. The van der Waals surface area contributed by atoms with Crippen LogP contribution in [0, 0.1) is 0 Å². The zero-order valence-electron chi connectivity index (χ0n) is 17.1. The number of amides is 1. The van der Waals surface area contributed by atoms with E-state index in [1.807, 2.05) is 11.8 Å². The molecule has 152 valence electrons. The normalized spacial score (nSPS) is 15.8. The molecule has 0 unspecified atom stereocenters. The van der Waals surface area contributed by atoms with Crippen molar-refractivity contribution in [3.05, 3.63) is 42.0 Å². The Morgan fingerprint density at radius 3 is 2.54 bits per heavy atom. The Bertz CT molecular complexity index is 796. The maximum atomic E-state index is 12.4. The highest BCUT2D eigenvalue weighted by Gasteiger charge is 2.25. The van der Waals surface area contributed by atoms with Crippen LogP contribution in [0.2, 0.25) is 0 Å². The van der Waals surface area contributed by atoms with Crippen LogP contribution >= 0.6 is 0 Å². The third-order valence-electron chi connectivity index (χ3n) is 4.59. The highest BCUT2D eigenvalue weighted by atomic mass is 16.4. The van der Waals surface area contributed by atoms with E-state index in [-0.39, 0.29) is 11.3 Å². The Labute approximate surface area is 165 Å². The molecule has 28 heavy (non-hydrogen) atoms. The highest BCUT2D eigenvalue weighted by Crippen LogP contribution is 2.22. The molecule has 1 amide bonds. The molecule has 3 rings (SSSR count). The van der Waals surface area contributed by atoms with Gasteiger partial charge in [0, 0.05) is 38.1 Å². The number of aromatic nitrogens is 1. The lowest BCUT2D eigenvalue weighted by Gasteiger charge is -2.36. The maximum absolute atomic E-state index is 12.4. The summed E-state index contributed by atoms with van der Waals surface area (Å²) in [6.07, 6.45) is 3.30. The third-order valence-corrected chi connectivity index (χ3v) is 4.59. The molecule has 1 aliphatic rings. The molecule has 0 bridgehead atoms. The van der Waals surface area contributed by atoms with Gasteiger partial charge in [0.15, 0.2) is 11.7 Å². The van der Waals surface area contributed by atoms with Crippen LogP contribution in [-0.2, 0) is 12.0 Å². The van der Waals surface area contributed by atoms with Gasteiger partial charge in [-0.15, -0.1) is 0 Å². The molecular weight excluding hydrogens is 358 g/mol. The molecule has 0 saturated carbocycles. The summed E-state index contributed by atoms with van der Waals surface area (Å²) >= 11 is 0. The second-order valence-corrected chi connectivity index (χ2v) is 7.79. The van der Waals surface area contributed by atoms with Crippen molar-refractivity contribution < 1.29 is 13.6 Å². The van der Waals surface area contributed by atoms with Crippen molar-refractivity contribution in [1.82, 2.24) is 20.1 Å². The minimum absolute atomic E-state index is 0.0684. The molecule has 0 atom stereocenters. The molecule has 8 nitrogen and oxygen atoms in total. The number of piperazine rings is 1. The van der Waals surface area contributed by atoms with Crippen LogP contribution in [0.5, 0.6) is 0 Å². The van der Waals surface area contributed by atoms with Crippen LogP contribution in [0.4, 0.5) is 0 Å². The number of carbonyl (C=O) groups excluding carboxylic acids is 1. The van der Waals surface area contributed by atoms with E-state index >= 15 is 0 Å². The third kappa shape index (κ3) is 4.74. The van der Waals surface area contributed by atoms with E-state index in [4.69, 9.17) is 8.83 Å².